The van der Waals surface area contributed by atoms with Crippen LogP contribution in [0.2, 0.25) is 0 Å². The third-order valence-corrected chi connectivity index (χ3v) is 21.9. The first-order valence-corrected chi connectivity index (χ1v) is 44.3. The van der Waals surface area contributed by atoms with Gasteiger partial charge >= 0.3 is 0 Å². The van der Waals surface area contributed by atoms with E-state index < -0.39 is 0 Å². The molecule has 2 saturated heterocycles. The Morgan fingerprint density at radius 1 is 0.278 bits per heavy atom. The van der Waals surface area contributed by atoms with Crippen LogP contribution >= 0.6 is 0 Å². The molecule has 568 valence electrons. The molecular weight excluding hydrogens is 1190 g/mol. The van der Waals surface area contributed by atoms with Gasteiger partial charge in [0.2, 0.25) is 17.7 Å². The highest BCUT2D eigenvalue weighted by atomic mass is 16.2. The lowest BCUT2D eigenvalue weighted by atomic mass is 10.0. The normalized spacial score (nSPS) is 15.3. The van der Waals surface area contributed by atoms with Gasteiger partial charge in [-0.15, -0.1) is 0 Å². The van der Waals surface area contributed by atoms with E-state index in [-0.39, 0.29) is 29.6 Å². The Morgan fingerprint density at radius 3 is 0.732 bits per heavy atom. The van der Waals surface area contributed by atoms with Crippen molar-refractivity contribution in [1.29, 1.82) is 0 Å². The second kappa shape index (κ2) is 73.5. The molecule has 0 aromatic rings. The van der Waals surface area contributed by atoms with Gasteiger partial charge < -0.3 is 20.9 Å². The molecule has 8 heteroatoms. The van der Waals surface area contributed by atoms with Crippen molar-refractivity contribution in [1.82, 2.24) is 25.8 Å². The van der Waals surface area contributed by atoms with Crippen LogP contribution in [0.5, 0.6) is 0 Å². The van der Waals surface area contributed by atoms with Gasteiger partial charge in [0.1, 0.15) is 0 Å². The monoisotopic (exact) mass is 1360 g/mol. The van der Waals surface area contributed by atoms with Gasteiger partial charge in [-0.2, -0.15) is 0 Å². The average Bonchev–Trinajstić information content (AvgIpc) is 1.73. The summed E-state index contributed by atoms with van der Waals surface area (Å²) < 4.78 is 0. The fraction of sp³-hybridized carbons (Fsp3) is 0.899. The highest BCUT2D eigenvalue weighted by Crippen LogP contribution is 2.29. The number of nitrogens with zero attached hydrogens (tertiary/aromatic N) is 2. The van der Waals surface area contributed by atoms with E-state index in [0.717, 1.165) is 57.7 Å². The number of amides is 3. The van der Waals surface area contributed by atoms with Crippen LogP contribution < -0.4 is 16.0 Å². The van der Waals surface area contributed by atoms with Gasteiger partial charge in [-0.1, -0.05) is 443 Å². The first-order chi connectivity index (χ1) is 48.0. The number of carbonyl (C=O) groups excluding carboxylic acids is 3. The Hall–Kier alpha value is -2.29. The molecular formula is C89H169N5O3. The Morgan fingerprint density at radius 2 is 0.474 bits per heavy atom. The largest absolute Gasteiger partial charge is 0.315 e. The molecule has 2 rings (SSSR count). The maximum Gasteiger partial charge on any atom is 0.236 e. The summed E-state index contributed by atoms with van der Waals surface area (Å²) >= 11 is 0. The molecule has 2 aliphatic rings. The van der Waals surface area contributed by atoms with Gasteiger partial charge in [0.15, 0.2) is 0 Å². The summed E-state index contributed by atoms with van der Waals surface area (Å²) in [6.07, 6.45) is 103. The summed E-state index contributed by atoms with van der Waals surface area (Å²) in [6.45, 7) is 14.6. The van der Waals surface area contributed by atoms with E-state index in [2.05, 4.69) is 54.6 Å². The van der Waals surface area contributed by atoms with Gasteiger partial charge in [0, 0.05) is 76.8 Å². The highest BCUT2D eigenvalue weighted by Gasteiger charge is 2.36. The molecule has 2 heterocycles. The molecule has 2 fully saturated rings. The molecule has 3 N–H and O–H groups in total. The van der Waals surface area contributed by atoms with E-state index >= 15 is 0 Å². The molecule has 2 unspecified atom stereocenters. The van der Waals surface area contributed by atoms with Crippen LogP contribution in [-0.4, -0.2) is 79.9 Å². The first kappa shape index (κ1) is 90.8. The Kier molecular flexibility index (Phi) is 68.8. The van der Waals surface area contributed by atoms with Crippen molar-refractivity contribution < 1.29 is 14.4 Å². The van der Waals surface area contributed by atoms with Gasteiger partial charge in [-0.25, -0.2) is 0 Å². The summed E-state index contributed by atoms with van der Waals surface area (Å²) in [7, 11) is 0. The van der Waals surface area contributed by atoms with Crippen molar-refractivity contribution in [2.24, 2.45) is 11.8 Å². The number of carbonyl (C=O) groups is 3. The van der Waals surface area contributed by atoms with Crippen LogP contribution in [0.15, 0.2) is 36.6 Å². The number of nitrogens with one attached hydrogen (secondary N) is 3. The fourth-order valence-corrected chi connectivity index (χ4v) is 15.2. The van der Waals surface area contributed by atoms with Gasteiger partial charge in [-0.3, -0.25) is 19.3 Å². The van der Waals surface area contributed by atoms with E-state index in [9.17, 15) is 14.4 Å². The fourth-order valence-electron chi connectivity index (χ4n) is 15.2. The Balaban J connectivity index is 1.25. The maximum atomic E-state index is 13.0. The minimum atomic E-state index is -0.294. The van der Waals surface area contributed by atoms with Crippen molar-refractivity contribution in [3.05, 3.63) is 36.6 Å². The Bertz CT molecular complexity index is 1640. The van der Waals surface area contributed by atoms with Crippen LogP contribution in [-0.2, 0) is 14.4 Å². The van der Waals surface area contributed by atoms with Crippen molar-refractivity contribution >= 4 is 17.7 Å². The molecule has 0 aromatic heterocycles. The standard InChI is InChI=1S/C89H169N5O3/c1-4-6-8-10-12-14-16-18-20-22-24-26-28-30-32-34-36-38-40-42-44-46-48-50-52-54-56-58-60-62-64-66-68-70-72-85-82-87(95)93(84(85)3)80-78-91-76-74-90-75-77-92-79-81-94-88(96)83-86(89(94)97)73-71-69-67-65-63-61-59-57-55-53-51-49-47-45-43-41-39-37-35-33-31-29-27-25-23-21-19-17-15-13-11-9-7-5-2/h70-73,85-86,90-92H,3-69,74-83H2,1-2H3/b72-70+,73-71+. The minimum Gasteiger partial charge on any atom is -0.315 e. The van der Waals surface area contributed by atoms with Crippen LogP contribution in [0.4, 0.5) is 0 Å². The van der Waals surface area contributed by atoms with Crippen molar-refractivity contribution in [3.8, 4) is 0 Å². The molecule has 0 radical (unpaired) electrons. The molecule has 97 heavy (non-hydrogen) atoms. The summed E-state index contributed by atoms with van der Waals surface area (Å²) in [6, 6.07) is 0. The van der Waals surface area contributed by atoms with E-state index in [4.69, 9.17) is 0 Å². The van der Waals surface area contributed by atoms with E-state index in [0.29, 0.717) is 32.5 Å². The maximum absolute atomic E-state index is 13.0. The molecule has 2 atom stereocenters. The quantitative estimate of drug-likeness (QED) is 0.0319. The number of rotatable bonds is 80. The number of unbranched alkanes of at least 4 members (excludes halogenated alkanes) is 64. The highest BCUT2D eigenvalue weighted by molar-refractivity contribution is 6.04. The number of hydrogen-bond donors (Lipinski definition) is 3. The van der Waals surface area contributed by atoms with Crippen LogP contribution in [0.3, 0.4) is 0 Å². The molecule has 0 spiro atoms. The SMILES string of the molecule is C=C1C(/C=C/CCCCCCCCCCCCCCCCCCCCCCCCCCCCCCCCCC)CC(=O)N1CCNCCNCCNCCN1C(=O)CC(/C=C/CCCCCCCCCCCCCCCCCCCCCCCCCCCCCCCCCC)C1=O. The smallest absolute Gasteiger partial charge is 0.236 e. The summed E-state index contributed by atoms with van der Waals surface area (Å²) in [4.78, 5) is 41.9. The minimum absolute atomic E-state index is 0.0399. The number of hydrogen-bond acceptors (Lipinski definition) is 6. The lowest BCUT2D eigenvalue weighted by molar-refractivity contribution is -0.139. The van der Waals surface area contributed by atoms with Gasteiger partial charge in [0.05, 0.1) is 5.92 Å². The molecule has 0 aliphatic carbocycles. The predicted octanol–water partition coefficient (Wildman–Crippen LogP) is 26.4. The lowest BCUT2D eigenvalue weighted by Crippen LogP contribution is -2.39. The van der Waals surface area contributed by atoms with Crippen molar-refractivity contribution in [2.75, 3.05) is 52.4 Å². The van der Waals surface area contributed by atoms with Crippen molar-refractivity contribution in [2.45, 2.75) is 450 Å². The molecule has 0 saturated carbocycles. The number of imide groups is 1. The number of allylic oxidation sites excluding steroid dienone is 3. The van der Waals surface area contributed by atoms with Crippen LogP contribution in [0, 0.1) is 11.8 Å². The lowest BCUT2D eigenvalue weighted by Gasteiger charge is -2.19. The summed E-state index contributed by atoms with van der Waals surface area (Å²) in [5.74, 6) is -0.0555. The van der Waals surface area contributed by atoms with Crippen LogP contribution in [0.25, 0.3) is 0 Å². The topological polar surface area (TPSA) is 93.8 Å². The second-order valence-corrected chi connectivity index (χ2v) is 31.1. The van der Waals surface area contributed by atoms with E-state index in [1.54, 1.807) is 0 Å². The molecule has 0 bridgehead atoms. The van der Waals surface area contributed by atoms with Crippen LogP contribution in [0.1, 0.15) is 450 Å². The number of likely N-dealkylation sites (tertiary alicyclic amines) is 2. The Labute approximate surface area is 605 Å². The second-order valence-electron chi connectivity index (χ2n) is 31.1. The summed E-state index contributed by atoms with van der Waals surface area (Å²) in [5, 5.41) is 10.3. The van der Waals surface area contributed by atoms with Gasteiger partial charge in [0.25, 0.3) is 0 Å². The molecule has 0 aromatic carbocycles. The average molecular weight is 1360 g/mol. The van der Waals surface area contributed by atoms with E-state index in [1.807, 2.05) is 11.0 Å². The van der Waals surface area contributed by atoms with E-state index in [1.165, 1.54) is 409 Å². The third kappa shape index (κ3) is 58.9. The zero-order chi connectivity index (χ0) is 69.3. The van der Waals surface area contributed by atoms with Gasteiger partial charge in [-0.05, 0) is 25.7 Å². The summed E-state index contributed by atoms with van der Waals surface area (Å²) in [5.41, 5.74) is 0.945. The zero-order valence-corrected chi connectivity index (χ0v) is 65.5. The predicted molar refractivity (Wildman–Crippen MR) is 427 cm³/mol. The molecule has 2 aliphatic heterocycles. The van der Waals surface area contributed by atoms with Crippen molar-refractivity contribution in [3.63, 3.8) is 0 Å². The molecule has 3 amide bonds. The third-order valence-electron chi connectivity index (χ3n) is 21.9. The first-order valence-electron chi connectivity index (χ1n) is 44.3. The zero-order valence-electron chi connectivity index (χ0n) is 65.5. The molecule has 8 nitrogen and oxygen atoms in total.